The van der Waals surface area contributed by atoms with E-state index in [4.69, 9.17) is 15.2 Å². The van der Waals surface area contributed by atoms with Crippen molar-refractivity contribution in [3.8, 4) is 17.0 Å². The van der Waals surface area contributed by atoms with Crippen molar-refractivity contribution in [2.45, 2.75) is 44.6 Å². The van der Waals surface area contributed by atoms with E-state index < -0.39 is 34.5 Å². The molecule has 1 saturated carbocycles. The standard InChI is InChI=1S/C28H30F3N3O3/c1-16-11-17(13-19(32)12-16)20-7-8-33-15-18(20)14-24(35)23-5-3-22(30)28(34-23)26-21(29)4-6-25(27(26)31)37-10-9-36-2/h3-8,15-17,19H,9-14,32H2,1-2H3/t16-,17+,19-/m0/s1. The van der Waals surface area contributed by atoms with Crippen LogP contribution in [-0.4, -0.2) is 42.1 Å². The van der Waals surface area contributed by atoms with E-state index in [9.17, 15) is 13.6 Å². The molecule has 0 unspecified atom stereocenters. The molecule has 1 fully saturated rings. The normalized spacial score (nSPS) is 19.6. The zero-order valence-electron chi connectivity index (χ0n) is 20.8. The Morgan fingerprint density at radius 2 is 1.84 bits per heavy atom. The van der Waals surface area contributed by atoms with E-state index in [0.717, 1.165) is 48.6 Å². The van der Waals surface area contributed by atoms with E-state index in [0.29, 0.717) is 5.92 Å². The molecule has 0 bridgehead atoms. The molecule has 2 N–H and O–H groups in total. The summed E-state index contributed by atoms with van der Waals surface area (Å²) in [7, 11) is 1.46. The monoisotopic (exact) mass is 513 g/mol. The number of carbonyl (C=O) groups is 1. The van der Waals surface area contributed by atoms with Crippen LogP contribution in [0.1, 0.15) is 53.7 Å². The quantitative estimate of drug-likeness (QED) is 0.311. The zero-order chi connectivity index (χ0) is 26.5. The molecule has 2 heterocycles. The highest BCUT2D eigenvalue weighted by Crippen LogP contribution is 2.37. The number of Topliss-reactive ketones (excluding diaryl/α,β-unsaturated/α-hetero) is 1. The van der Waals surface area contributed by atoms with Gasteiger partial charge in [0.25, 0.3) is 0 Å². The number of carbonyl (C=O) groups excluding carboxylic acids is 1. The number of aromatic nitrogens is 2. The number of hydrogen-bond acceptors (Lipinski definition) is 6. The largest absolute Gasteiger partial charge is 0.488 e. The minimum absolute atomic E-state index is 0.0189. The van der Waals surface area contributed by atoms with Crippen LogP contribution in [0.25, 0.3) is 11.3 Å². The molecule has 0 saturated heterocycles. The van der Waals surface area contributed by atoms with Crippen molar-refractivity contribution < 1.29 is 27.4 Å². The Hall–Kier alpha value is -3.30. The second-order valence-electron chi connectivity index (χ2n) is 9.55. The molecule has 1 aliphatic carbocycles. The van der Waals surface area contributed by atoms with Crippen LogP contribution in [0.15, 0.2) is 42.7 Å². The third kappa shape index (κ3) is 6.17. The van der Waals surface area contributed by atoms with Gasteiger partial charge in [-0.2, -0.15) is 0 Å². The summed E-state index contributed by atoms with van der Waals surface area (Å²) in [6.07, 6.45) is 6.03. The van der Waals surface area contributed by atoms with Crippen LogP contribution < -0.4 is 10.5 Å². The van der Waals surface area contributed by atoms with E-state index in [1.54, 1.807) is 12.4 Å². The first-order valence-electron chi connectivity index (χ1n) is 12.3. The maximum absolute atomic E-state index is 15.1. The second kappa shape index (κ2) is 11.8. The summed E-state index contributed by atoms with van der Waals surface area (Å²) >= 11 is 0. The second-order valence-corrected chi connectivity index (χ2v) is 9.55. The van der Waals surface area contributed by atoms with E-state index >= 15 is 4.39 Å². The lowest BCUT2D eigenvalue weighted by atomic mass is 9.75. The summed E-state index contributed by atoms with van der Waals surface area (Å²) < 4.78 is 54.6. The number of benzene rings is 1. The predicted molar refractivity (Wildman–Crippen MR) is 133 cm³/mol. The Labute approximate surface area is 214 Å². The summed E-state index contributed by atoms with van der Waals surface area (Å²) in [5.41, 5.74) is 6.58. The van der Waals surface area contributed by atoms with E-state index in [1.165, 1.54) is 13.2 Å². The highest BCUT2D eigenvalue weighted by atomic mass is 19.1. The van der Waals surface area contributed by atoms with Crippen molar-refractivity contribution in [2.24, 2.45) is 11.7 Å². The molecular weight excluding hydrogens is 483 g/mol. The lowest BCUT2D eigenvalue weighted by molar-refractivity contribution is 0.0987. The van der Waals surface area contributed by atoms with Gasteiger partial charge < -0.3 is 15.2 Å². The zero-order valence-corrected chi connectivity index (χ0v) is 20.8. The molecule has 0 radical (unpaired) electrons. The van der Waals surface area contributed by atoms with Gasteiger partial charge in [0.15, 0.2) is 17.3 Å². The predicted octanol–water partition coefficient (Wildman–Crippen LogP) is 5.24. The molecule has 0 aliphatic heterocycles. The summed E-state index contributed by atoms with van der Waals surface area (Å²) in [6, 6.07) is 6.27. The number of rotatable bonds is 9. The third-order valence-corrected chi connectivity index (χ3v) is 6.68. The molecule has 2 aromatic heterocycles. The number of halogens is 3. The molecule has 3 atom stereocenters. The van der Waals surface area contributed by atoms with Gasteiger partial charge in [-0.1, -0.05) is 6.92 Å². The first-order valence-corrected chi connectivity index (χ1v) is 12.3. The van der Waals surface area contributed by atoms with Crippen LogP contribution >= 0.6 is 0 Å². The van der Waals surface area contributed by atoms with Crippen molar-refractivity contribution in [3.05, 3.63) is 77.0 Å². The molecule has 0 spiro atoms. The summed E-state index contributed by atoms with van der Waals surface area (Å²) in [6.45, 7) is 2.37. The van der Waals surface area contributed by atoms with Gasteiger partial charge in [-0.3, -0.25) is 9.78 Å². The minimum atomic E-state index is -1.11. The maximum atomic E-state index is 15.1. The summed E-state index contributed by atoms with van der Waals surface area (Å²) in [4.78, 5) is 21.4. The summed E-state index contributed by atoms with van der Waals surface area (Å²) in [5.74, 6) is -3.12. The topological polar surface area (TPSA) is 87.3 Å². The average Bonchev–Trinajstić information content (AvgIpc) is 2.86. The number of nitrogens with two attached hydrogens (primary N) is 1. The number of ketones is 1. The van der Waals surface area contributed by atoms with Gasteiger partial charge in [0.2, 0.25) is 0 Å². The molecule has 9 heteroatoms. The minimum Gasteiger partial charge on any atom is -0.488 e. The molecular formula is C28H30F3N3O3. The fourth-order valence-electron chi connectivity index (χ4n) is 5.03. The third-order valence-electron chi connectivity index (χ3n) is 6.68. The van der Waals surface area contributed by atoms with Crippen LogP contribution in [0.4, 0.5) is 13.2 Å². The van der Waals surface area contributed by atoms with Gasteiger partial charge in [-0.15, -0.1) is 0 Å². The Kier molecular flexibility index (Phi) is 8.56. The van der Waals surface area contributed by atoms with E-state index in [1.807, 2.05) is 6.07 Å². The molecule has 1 aromatic carbocycles. The van der Waals surface area contributed by atoms with E-state index in [-0.39, 0.29) is 43.0 Å². The van der Waals surface area contributed by atoms with Gasteiger partial charge in [0.1, 0.15) is 29.6 Å². The van der Waals surface area contributed by atoms with Gasteiger partial charge >= 0.3 is 0 Å². The molecule has 37 heavy (non-hydrogen) atoms. The van der Waals surface area contributed by atoms with Crippen LogP contribution in [0.3, 0.4) is 0 Å². The highest BCUT2D eigenvalue weighted by Gasteiger charge is 2.28. The van der Waals surface area contributed by atoms with Crippen LogP contribution in [0.2, 0.25) is 0 Å². The Morgan fingerprint density at radius 3 is 2.59 bits per heavy atom. The van der Waals surface area contributed by atoms with Crippen LogP contribution in [-0.2, 0) is 11.2 Å². The Balaban J connectivity index is 1.62. The van der Waals surface area contributed by atoms with E-state index in [2.05, 4.69) is 16.9 Å². The lowest BCUT2D eigenvalue weighted by Crippen LogP contribution is -2.31. The Bertz CT molecular complexity index is 1260. The first kappa shape index (κ1) is 26.8. The van der Waals surface area contributed by atoms with Crippen molar-refractivity contribution in [2.75, 3.05) is 20.3 Å². The highest BCUT2D eigenvalue weighted by molar-refractivity contribution is 5.96. The molecule has 0 amide bonds. The SMILES string of the molecule is COCCOc1ccc(F)c(-c2nc(C(=O)Cc3cnccc3[C@@H]3C[C@H](C)C[C@H](N)C3)ccc2F)c1F. The number of ether oxygens (including phenoxy) is 2. The number of nitrogens with zero attached hydrogens (tertiary/aromatic N) is 2. The molecule has 196 valence electrons. The molecule has 4 rings (SSSR count). The van der Waals surface area contributed by atoms with Gasteiger partial charge in [-0.25, -0.2) is 18.2 Å². The molecule has 6 nitrogen and oxygen atoms in total. The number of methoxy groups -OCH3 is 1. The van der Waals surface area contributed by atoms with Crippen molar-refractivity contribution in [1.82, 2.24) is 9.97 Å². The summed E-state index contributed by atoms with van der Waals surface area (Å²) in [5, 5.41) is 0. The van der Waals surface area contributed by atoms with Crippen LogP contribution in [0, 0.1) is 23.4 Å². The molecule has 1 aliphatic rings. The number of hydrogen-bond donors (Lipinski definition) is 1. The van der Waals surface area contributed by atoms with Gasteiger partial charge in [0, 0.05) is 32.0 Å². The van der Waals surface area contributed by atoms with Gasteiger partial charge in [0.05, 0.1) is 12.2 Å². The Morgan fingerprint density at radius 1 is 1.05 bits per heavy atom. The first-order chi connectivity index (χ1) is 17.8. The smallest absolute Gasteiger partial charge is 0.185 e. The average molecular weight is 514 g/mol. The molecule has 3 aromatic rings. The lowest BCUT2D eigenvalue weighted by Gasteiger charge is -2.32. The number of pyridine rings is 2. The van der Waals surface area contributed by atoms with Gasteiger partial charge in [-0.05, 0) is 72.6 Å². The van der Waals surface area contributed by atoms with Crippen LogP contribution in [0.5, 0.6) is 5.75 Å². The fraction of sp³-hybridized carbons (Fsp3) is 0.393. The maximum Gasteiger partial charge on any atom is 0.185 e. The van der Waals surface area contributed by atoms with Crippen molar-refractivity contribution >= 4 is 5.78 Å². The fourth-order valence-corrected chi connectivity index (χ4v) is 5.03. The van der Waals surface area contributed by atoms with Crippen molar-refractivity contribution in [1.29, 1.82) is 0 Å². The van der Waals surface area contributed by atoms with Crippen molar-refractivity contribution in [3.63, 3.8) is 0 Å².